The van der Waals surface area contributed by atoms with Gasteiger partial charge in [-0.05, 0) is 68.1 Å². The first-order valence-electron chi connectivity index (χ1n) is 11.4. The Labute approximate surface area is 189 Å². The van der Waals surface area contributed by atoms with E-state index in [1.54, 1.807) is 29.2 Å². The second-order valence-electron chi connectivity index (χ2n) is 8.54. The molecule has 1 unspecified atom stereocenters. The number of nitrogens with zero attached hydrogens (tertiary/aromatic N) is 2. The van der Waals surface area contributed by atoms with Gasteiger partial charge in [0.1, 0.15) is 5.82 Å². The first kappa shape index (κ1) is 22.7. The highest BCUT2D eigenvalue weighted by Crippen LogP contribution is 2.37. The van der Waals surface area contributed by atoms with Gasteiger partial charge in [-0.3, -0.25) is 9.69 Å². The van der Waals surface area contributed by atoms with Gasteiger partial charge >= 0.3 is 0 Å². The van der Waals surface area contributed by atoms with Gasteiger partial charge in [0, 0.05) is 55.3 Å². The van der Waals surface area contributed by atoms with Crippen LogP contribution in [0.5, 0.6) is 0 Å². The van der Waals surface area contributed by atoms with Crippen LogP contribution in [0.1, 0.15) is 46.9 Å². The topological polar surface area (TPSA) is 68.0 Å². The quantitative estimate of drug-likeness (QED) is 0.543. The Morgan fingerprint density at radius 3 is 2.78 bits per heavy atom. The molecule has 2 N–H and O–H groups in total. The molecule has 2 aromatic carbocycles. The van der Waals surface area contributed by atoms with Crippen LogP contribution in [0.2, 0.25) is 0 Å². The minimum Gasteiger partial charge on any atom is -0.399 e. The third-order valence-corrected chi connectivity index (χ3v) is 6.24. The first-order valence-corrected chi connectivity index (χ1v) is 11.4. The molecule has 2 heterocycles. The van der Waals surface area contributed by atoms with Gasteiger partial charge in [0.2, 0.25) is 0 Å². The predicted octanol–water partition coefficient (Wildman–Crippen LogP) is 3.94. The fraction of sp³-hybridized carbons (Fsp3) is 0.480. The molecule has 0 radical (unpaired) electrons. The Bertz CT molecular complexity index is 946. The van der Waals surface area contributed by atoms with Crippen LogP contribution < -0.4 is 10.6 Å². The summed E-state index contributed by atoms with van der Waals surface area (Å²) in [7, 11) is 0. The van der Waals surface area contributed by atoms with Crippen LogP contribution in [0.3, 0.4) is 0 Å². The van der Waals surface area contributed by atoms with Crippen molar-refractivity contribution in [3.8, 4) is 0 Å². The van der Waals surface area contributed by atoms with E-state index < -0.39 is 0 Å². The van der Waals surface area contributed by atoms with Crippen molar-refractivity contribution < 1.29 is 18.7 Å². The standard InChI is InChI=1S/C25H32FN3O3/c1-18-16-20(27)6-7-21(18)25(30)29-10-2-4-24(22-17-19(26)5-8-23(22)29)32-13-3-9-28-11-14-31-15-12-28/h5-8,16-17,24H,2-4,9-15,27H2,1H3. The maximum absolute atomic E-state index is 14.2. The Hall–Kier alpha value is -2.48. The Kier molecular flexibility index (Phi) is 7.40. The van der Waals surface area contributed by atoms with Crippen molar-refractivity contribution in [2.45, 2.75) is 32.3 Å². The number of hydrogen-bond donors (Lipinski definition) is 1. The van der Waals surface area contributed by atoms with Crippen LogP contribution in [0.25, 0.3) is 0 Å². The van der Waals surface area contributed by atoms with Gasteiger partial charge in [0.05, 0.1) is 19.3 Å². The summed E-state index contributed by atoms with van der Waals surface area (Å²) in [6, 6.07) is 9.94. The normalized spacial score (nSPS) is 19.4. The lowest BCUT2D eigenvalue weighted by Gasteiger charge is -2.27. The lowest BCUT2D eigenvalue weighted by atomic mass is 10.0. The predicted molar refractivity (Wildman–Crippen MR) is 123 cm³/mol. The van der Waals surface area contributed by atoms with Gasteiger partial charge < -0.3 is 20.1 Å². The van der Waals surface area contributed by atoms with Crippen molar-refractivity contribution in [1.29, 1.82) is 0 Å². The lowest BCUT2D eigenvalue weighted by molar-refractivity contribution is 0.0184. The average Bonchev–Trinajstić information content (AvgIpc) is 2.96. The zero-order valence-corrected chi connectivity index (χ0v) is 18.7. The molecule has 32 heavy (non-hydrogen) atoms. The molecule has 6 nitrogen and oxygen atoms in total. The van der Waals surface area contributed by atoms with Gasteiger partial charge in [0.25, 0.3) is 5.91 Å². The van der Waals surface area contributed by atoms with Crippen molar-refractivity contribution >= 4 is 17.3 Å². The van der Waals surface area contributed by atoms with Gasteiger partial charge in [-0.2, -0.15) is 0 Å². The van der Waals surface area contributed by atoms with Gasteiger partial charge in [0.15, 0.2) is 0 Å². The maximum Gasteiger partial charge on any atom is 0.258 e. The van der Waals surface area contributed by atoms with Gasteiger partial charge in [-0.15, -0.1) is 0 Å². The molecular weight excluding hydrogens is 409 g/mol. The summed E-state index contributed by atoms with van der Waals surface area (Å²) < 4.78 is 25.8. The van der Waals surface area contributed by atoms with Crippen LogP contribution >= 0.6 is 0 Å². The number of halogens is 1. The molecule has 0 spiro atoms. The number of carbonyl (C=O) groups is 1. The van der Waals surface area contributed by atoms with Gasteiger partial charge in [-0.1, -0.05) is 0 Å². The number of nitrogens with two attached hydrogens (primary N) is 1. The number of ether oxygens (including phenoxy) is 2. The van der Waals surface area contributed by atoms with Crippen molar-refractivity contribution in [1.82, 2.24) is 4.90 Å². The highest BCUT2D eigenvalue weighted by molar-refractivity contribution is 6.07. The molecule has 7 heteroatoms. The maximum atomic E-state index is 14.2. The summed E-state index contributed by atoms with van der Waals surface area (Å²) in [6.45, 7) is 7.50. The molecule has 0 saturated carbocycles. The van der Waals surface area contributed by atoms with Crippen LogP contribution in [-0.4, -0.2) is 56.8 Å². The number of carbonyl (C=O) groups excluding carboxylic acids is 1. The highest BCUT2D eigenvalue weighted by Gasteiger charge is 2.28. The molecular formula is C25H32FN3O3. The third kappa shape index (κ3) is 5.28. The zero-order valence-electron chi connectivity index (χ0n) is 18.7. The lowest BCUT2D eigenvalue weighted by Crippen LogP contribution is -2.37. The van der Waals surface area contributed by atoms with Gasteiger partial charge in [-0.25, -0.2) is 4.39 Å². The summed E-state index contributed by atoms with van der Waals surface area (Å²) >= 11 is 0. The zero-order chi connectivity index (χ0) is 22.5. The molecule has 1 amide bonds. The number of amides is 1. The van der Waals surface area contributed by atoms with E-state index in [1.165, 1.54) is 12.1 Å². The van der Waals surface area contributed by atoms with Crippen LogP contribution in [0, 0.1) is 12.7 Å². The second kappa shape index (κ2) is 10.4. The number of anilines is 2. The molecule has 0 aliphatic carbocycles. The minimum absolute atomic E-state index is 0.0941. The monoisotopic (exact) mass is 441 g/mol. The molecule has 1 atom stereocenters. The second-order valence-corrected chi connectivity index (χ2v) is 8.54. The molecule has 0 aromatic heterocycles. The van der Waals surface area contributed by atoms with E-state index in [0.717, 1.165) is 68.9 Å². The molecule has 0 bridgehead atoms. The van der Waals surface area contributed by atoms with E-state index in [1.807, 2.05) is 6.92 Å². The highest BCUT2D eigenvalue weighted by atomic mass is 19.1. The minimum atomic E-state index is -0.316. The van der Waals surface area contributed by atoms with E-state index in [0.29, 0.717) is 24.4 Å². The van der Waals surface area contributed by atoms with Crippen molar-refractivity contribution in [2.75, 3.05) is 56.6 Å². The van der Waals surface area contributed by atoms with E-state index >= 15 is 0 Å². The molecule has 1 fully saturated rings. The summed E-state index contributed by atoms with van der Waals surface area (Å²) in [6.07, 6.45) is 2.22. The van der Waals surface area contributed by atoms with E-state index in [4.69, 9.17) is 15.2 Å². The number of morpholine rings is 1. The van der Waals surface area contributed by atoms with E-state index in [9.17, 15) is 9.18 Å². The smallest absolute Gasteiger partial charge is 0.258 e. The number of rotatable bonds is 6. The Morgan fingerprint density at radius 1 is 1.19 bits per heavy atom. The van der Waals surface area contributed by atoms with Crippen molar-refractivity contribution in [2.24, 2.45) is 0 Å². The number of benzene rings is 2. The number of fused-ring (bicyclic) bond motifs is 1. The number of hydrogen-bond acceptors (Lipinski definition) is 5. The van der Waals surface area contributed by atoms with Crippen molar-refractivity contribution in [3.63, 3.8) is 0 Å². The summed E-state index contributed by atoms with van der Waals surface area (Å²) in [5, 5.41) is 0. The fourth-order valence-corrected chi connectivity index (χ4v) is 4.53. The summed E-state index contributed by atoms with van der Waals surface area (Å²) in [5.41, 5.74) is 9.40. The Morgan fingerprint density at radius 2 is 2.00 bits per heavy atom. The van der Waals surface area contributed by atoms with Crippen molar-refractivity contribution in [3.05, 3.63) is 58.9 Å². The molecule has 172 valence electrons. The number of nitrogen functional groups attached to an aromatic ring is 1. The van der Waals surface area contributed by atoms with Crippen LogP contribution in [0.15, 0.2) is 36.4 Å². The molecule has 1 saturated heterocycles. The van der Waals surface area contributed by atoms with Crippen LogP contribution in [-0.2, 0) is 9.47 Å². The van der Waals surface area contributed by atoms with E-state index in [2.05, 4.69) is 4.90 Å². The molecule has 2 aliphatic heterocycles. The Balaban J connectivity index is 1.49. The van der Waals surface area contributed by atoms with E-state index in [-0.39, 0.29) is 17.8 Å². The summed E-state index contributed by atoms with van der Waals surface area (Å²) in [4.78, 5) is 17.5. The molecule has 2 aromatic rings. The molecule has 2 aliphatic rings. The summed E-state index contributed by atoms with van der Waals surface area (Å²) in [5.74, 6) is -0.410. The first-order chi connectivity index (χ1) is 15.5. The largest absolute Gasteiger partial charge is 0.399 e. The average molecular weight is 442 g/mol. The molecule has 4 rings (SSSR count). The SMILES string of the molecule is Cc1cc(N)ccc1C(=O)N1CCCC(OCCCN2CCOCC2)c2cc(F)ccc21. The van der Waals surface area contributed by atoms with Crippen LogP contribution in [0.4, 0.5) is 15.8 Å². The third-order valence-electron chi connectivity index (χ3n) is 6.24. The number of aryl methyl sites for hydroxylation is 1. The fourth-order valence-electron chi connectivity index (χ4n) is 4.53.